The van der Waals surface area contributed by atoms with Crippen LogP contribution >= 0.6 is 11.6 Å². The monoisotopic (exact) mass is 349 g/mol. The number of nitrogens with zero attached hydrogens (tertiary/aromatic N) is 2. The molecule has 0 bridgehead atoms. The fourth-order valence-electron chi connectivity index (χ4n) is 2.29. The summed E-state index contributed by atoms with van der Waals surface area (Å²) in [6.07, 6.45) is -0.102. The van der Waals surface area contributed by atoms with Crippen molar-refractivity contribution in [2.45, 2.75) is 58.1 Å². The Bertz CT molecular complexity index is 545. The minimum Gasteiger partial charge on any atom is -0.379 e. The Morgan fingerprint density at radius 1 is 1.48 bits per heavy atom. The summed E-state index contributed by atoms with van der Waals surface area (Å²) in [6.45, 7) is 4.83. The van der Waals surface area contributed by atoms with Gasteiger partial charge in [-0.25, -0.2) is 8.78 Å². The zero-order chi connectivity index (χ0) is 17.0. The van der Waals surface area contributed by atoms with Crippen molar-refractivity contribution in [1.82, 2.24) is 15.1 Å². The van der Waals surface area contributed by atoms with Gasteiger partial charge in [-0.3, -0.25) is 9.48 Å². The van der Waals surface area contributed by atoms with Crippen molar-refractivity contribution in [1.29, 1.82) is 0 Å². The molecule has 1 amide bonds. The molecule has 0 aliphatic heterocycles. The highest BCUT2D eigenvalue weighted by Gasteiger charge is 2.34. The summed E-state index contributed by atoms with van der Waals surface area (Å²) in [5.74, 6) is -0.133. The van der Waals surface area contributed by atoms with E-state index in [9.17, 15) is 13.6 Å². The lowest BCUT2D eigenvalue weighted by atomic mass is 10.2. The number of amides is 1. The molecule has 0 unspecified atom stereocenters. The summed E-state index contributed by atoms with van der Waals surface area (Å²) in [5, 5.41) is 6.57. The highest BCUT2D eigenvalue weighted by Crippen LogP contribution is 2.45. The maximum atomic E-state index is 12.9. The lowest BCUT2D eigenvalue weighted by Crippen LogP contribution is -2.30. The Kier molecular flexibility index (Phi) is 6.35. The van der Waals surface area contributed by atoms with E-state index in [0.29, 0.717) is 25.3 Å². The van der Waals surface area contributed by atoms with Crippen LogP contribution in [0.15, 0.2) is 0 Å². The van der Waals surface area contributed by atoms with E-state index in [1.54, 1.807) is 0 Å². The number of carbonyl (C=O) groups is 1. The highest BCUT2D eigenvalue weighted by atomic mass is 35.5. The van der Waals surface area contributed by atoms with Gasteiger partial charge in [-0.05, 0) is 33.1 Å². The minimum absolute atomic E-state index is 0.000586. The van der Waals surface area contributed by atoms with Crippen molar-refractivity contribution < 1.29 is 18.3 Å². The van der Waals surface area contributed by atoms with Crippen LogP contribution in [-0.4, -0.2) is 34.9 Å². The average Bonchev–Trinajstić information content (AvgIpc) is 3.23. The molecule has 0 atom stereocenters. The van der Waals surface area contributed by atoms with Crippen LogP contribution in [0.25, 0.3) is 0 Å². The quantitative estimate of drug-likeness (QED) is 0.696. The van der Waals surface area contributed by atoms with E-state index in [4.69, 9.17) is 16.3 Å². The van der Waals surface area contributed by atoms with Gasteiger partial charge in [0.05, 0.1) is 16.8 Å². The number of ether oxygens (including phenoxy) is 1. The van der Waals surface area contributed by atoms with E-state index in [1.165, 1.54) is 4.68 Å². The summed E-state index contributed by atoms with van der Waals surface area (Å²) in [7, 11) is 0. The predicted octanol–water partition coefficient (Wildman–Crippen LogP) is 3.28. The fraction of sp³-hybridized carbons (Fsp3) is 0.733. The average molecular weight is 350 g/mol. The van der Waals surface area contributed by atoms with Crippen LogP contribution in [0.3, 0.4) is 0 Å². The smallest absolute Gasteiger partial charge is 0.283 e. The largest absolute Gasteiger partial charge is 0.379 e. The van der Waals surface area contributed by atoms with Crippen LogP contribution in [0.2, 0.25) is 5.02 Å². The lowest BCUT2D eigenvalue weighted by Gasteiger charge is -2.09. The maximum absolute atomic E-state index is 12.9. The Balaban J connectivity index is 1.89. The third kappa shape index (κ3) is 5.14. The van der Waals surface area contributed by atoms with Gasteiger partial charge in [0.1, 0.15) is 12.2 Å². The number of hydrogen-bond donors (Lipinski definition) is 1. The molecule has 1 heterocycles. The van der Waals surface area contributed by atoms with Crippen molar-refractivity contribution in [2.24, 2.45) is 0 Å². The molecule has 8 heteroatoms. The van der Waals surface area contributed by atoms with Crippen LogP contribution < -0.4 is 5.32 Å². The number of alkyl halides is 2. The summed E-state index contributed by atoms with van der Waals surface area (Å²) in [5.41, 5.74) is 0.118. The van der Waals surface area contributed by atoms with Crippen molar-refractivity contribution in [3.05, 3.63) is 16.4 Å². The summed E-state index contributed by atoms with van der Waals surface area (Å²) < 4.78 is 32.5. The second-order valence-corrected chi connectivity index (χ2v) is 6.32. The molecule has 1 aromatic heterocycles. The molecule has 1 aromatic rings. The molecule has 1 N–H and O–H groups in total. The van der Waals surface area contributed by atoms with Gasteiger partial charge in [-0.15, -0.1) is 0 Å². The Morgan fingerprint density at radius 2 is 2.17 bits per heavy atom. The number of hydrogen-bond acceptors (Lipinski definition) is 3. The molecule has 0 spiro atoms. The first-order chi connectivity index (χ1) is 10.9. The highest BCUT2D eigenvalue weighted by molar-refractivity contribution is 6.32. The van der Waals surface area contributed by atoms with Gasteiger partial charge in [-0.1, -0.05) is 11.6 Å². The molecule has 0 aromatic carbocycles. The maximum Gasteiger partial charge on any atom is 0.283 e. The lowest BCUT2D eigenvalue weighted by molar-refractivity contribution is -0.121. The molecule has 0 radical (unpaired) electrons. The van der Waals surface area contributed by atoms with E-state index in [-0.39, 0.29) is 29.5 Å². The number of aromatic nitrogens is 2. The molecule has 130 valence electrons. The van der Waals surface area contributed by atoms with Crippen molar-refractivity contribution in [2.75, 3.05) is 13.2 Å². The van der Waals surface area contributed by atoms with E-state index >= 15 is 0 Å². The zero-order valence-electron chi connectivity index (χ0n) is 13.3. The Morgan fingerprint density at radius 3 is 2.74 bits per heavy atom. The zero-order valence-corrected chi connectivity index (χ0v) is 14.1. The molecule has 1 fully saturated rings. The summed E-state index contributed by atoms with van der Waals surface area (Å²) in [6, 6.07) is 0. The second-order valence-electron chi connectivity index (χ2n) is 5.94. The minimum atomic E-state index is -2.74. The molecule has 2 rings (SSSR count). The number of nitrogens with one attached hydrogen (secondary N) is 1. The molecular formula is C15H22ClF2N3O2. The normalized spacial score (nSPS) is 14.7. The van der Waals surface area contributed by atoms with E-state index in [2.05, 4.69) is 10.4 Å². The van der Waals surface area contributed by atoms with Gasteiger partial charge < -0.3 is 10.1 Å². The first-order valence-electron chi connectivity index (χ1n) is 7.82. The molecule has 1 saturated carbocycles. The molecule has 1 aliphatic rings. The Hall–Kier alpha value is -1.21. The van der Waals surface area contributed by atoms with Crippen LogP contribution in [-0.2, 0) is 16.1 Å². The van der Waals surface area contributed by atoms with Crippen molar-refractivity contribution in [3.8, 4) is 0 Å². The van der Waals surface area contributed by atoms with Gasteiger partial charge in [0.25, 0.3) is 6.43 Å². The summed E-state index contributed by atoms with van der Waals surface area (Å²) in [4.78, 5) is 12.0. The number of carbonyl (C=O) groups excluding carboxylic acids is 1. The summed E-state index contributed by atoms with van der Waals surface area (Å²) >= 11 is 6.01. The molecule has 23 heavy (non-hydrogen) atoms. The van der Waals surface area contributed by atoms with Gasteiger partial charge in [0, 0.05) is 19.1 Å². The molecular weight excluding hydrogens is 328 g/mol. The number of rotatable bonds is 9. The third-order valence-corrected chi connectivity index (χ3v) is 3.90. The standard InChI is InChI=1S/C15H22ClF2N3O2/c1-9(2)23-7-3-6-19-11(22)8-21-14(10-4-5-10)12(16)13(20-21)15(17)18/h9-10,15H,3-8H2,1-2H3,(H,19,22). The van der Waals surface area contributed by atoms with Crippen molar-refractivity contribution in [3.63, 3.8) is 0 Å². The van der Waals surface area contributed by atoms with Crippen molar-refractivity contribution >= 4 is 17.5 Å². The first-order valence-corrected chi connectivity index (χ1v) is 8.20. The number of halogens is 3. The van der Waals surface area contributed by atoms with Crippen LogP contribution in [0.4, 0.5) is 8.78 Å². The molecule has 0 saturated heterocycles. The topological polar surface area (TPSA) is 56.1 Å². The fourth-order valence-corrected chi connectivity index (χ4v) is 2.66. The van der Waals surface area contributed by atoms with Crippen LogP contribution in [0, 0.1) is 0 Å². The SMILES string of the molecule is CC(C)OCCCNC(=O)Cn1nc(C(F)F)c(Cl)c1C1CC1. The molecule has 1 aliphatic carbocycles. The van der Waals surface area contributed by atoms with Gasteiger partial charge in [0.15, 0.2) is 0 Å². The van der Waals surface area contributed by atoms with Gasteiger partial charge in [0.2, 0.25) is 5.91 Å². The van der Waals surface area contributed by atoms with E-state index in [1.807, 2.05) is 13.8 Å². The first kappa shape index (κ1) is 18.1. The van der Waals surface area contributed by atoms with Gasteiger partial charge >= 0.3 is 0 Å². The van der Waals surface area contributed by atoms with E-state index < -0.39 is 12.1 Å². The predicted molar refractivity (Wildman–Crippen MR) is 82.9 cm³/mol. The third-order valence-electron chi connectivity index (χ3n) is 3.51. The second kappa shape index (κ2) is 8.06. The molecule has 5 nitrogen and oxygen atoms in total. The van der Waals surface area contributed by atoms with Crippen LogP contribution in [0.5, 0.6) is 0 Å². The van der Waals surface area contributed by atoms with E-state index in [0.717, 1.165) is 12.8 Å². The Labute approximate surface area is 139 Å². The van der Waals surface area contributed by atoms with Crippen LogP contribution in [0.1, 0.15) is 56.8 Å². The van der Waals surface area contributed by atoms with Gasteiger partial charge in [-0.2, -0.15) is 5.10 Å².